The summed E-state index contributed by atoms with van der Waals surface area (Å²) < 4.78 is 39.6. The van der Waals surface area contributed by atoms with E-state index in [1.807, 2.05) is 47.4 Å². The molecule has 0 bridgehead atoms. The Balaban J connectivity index is 1.23. The van der Waals surface area contributed by atoms with Gasteiger partial charge in [-0.2, -0.15) is 0 Å². The van der Waals surface area contributed by atoms with E-state index in [0.717, 1.165) is 47.1 Å². The number of fused-ring (bicyclic) bond motifs is 2. The second-order valence-electron chi connectivity index (χ2n) is 8.66. The van der Waals surface area contributed by atoms with Crippen LogP contribution in [0.5, 0.6) is 11.5 Å². The summed E-state index contributed by atoms with van der Waals surface area (Å²) in [6.07, 6.45) is 2.73. The van der Waals surface area contributed by atoms with E-state index in [2.05, 4.69) is 4.72 Å². The van der Waals surface area contributed by atoms with Gasteiger partial charge in [-0.3, -0.25) is 4.79 Å². The Kier molecular flexibility index (Phi) is 6.43. The first-order valence-electron chi connectivity index (χ1n) is 11.7. The fourth-order valence-corrected chi connectivity index (χ4v) is 5.72. The van der Waals surface area contributed by atoms with E-state index in [0.29, 0.717) is 19.8 Å². The molecule has 1 amide bonds. The standard InChI is InChI=1S/C26H28N2O5S/c29-26(12-13-27-34(30,31)22-10-8-19-5-1-2-6-20(19)17-22)28-14-3-7-23(28)21-9-11-24-25(18-21)33-16-4-15-32-24/h1-2,5-6,8-11,17-18,23,27H,3-4,7,12-16H2. The molecule has 1 unspecified atom stereocenters. The summed E-state index contributed by atoms with van der Waals surface area (Å²) in [5.41, 5.74) is 1.02. The predicted octanol–water partition coefficient (Wildman–Crippen LogP) is 4.03. The zero-order valence-electron chi connectivity index (χ0n) is 18.9. The molecule has 0 saturated carbocycles. The van der Waals surface area contributed by atoms with Crippen molar-refractivity contribution in [1.82, 2.24) is 9.62 Å². The van der Waals surface area contributed by atoms with Crippen molar-refractivity contribution in [2.75, 3.05) is 26.3 Å². The van der Waals surface area contributed by atoms with E-state index in [1.54, 1.807) is 18.2 Å². The molecule has 0 spiro atoms. The Hall–Kier alpha value is -3.10. The Morgan fingerprint density at radius 3 is 2.59 bits per heavy atom. The molecule has 8 heteroatoms. The van der Waals surface area contributed by atoms with Crippen LogP contribution in [0.25, 0.3) is 10.8 Å². The van der Waals surface area contributed by atoms with Crippen molar-refractivity contribution in [3.05, 3.63) is 66.2 Å². The van der Waals surface area contributed by atoms with Gasteiger partial charge in [0.15, 0.2) is 11.5 Å². The molecular weight excluding hydrogens is 452 g/mol. The largest absolute Gasteiger partial charge is 0.490 e. The first-order chi connectivity index (χ1) is 16.5. The molecule has 34 heavy (non-hydrogen) atoms. The van der Waals surface area contributed by atoms with Crippen LogP contribution in [-0.4, -0.2) is 45.5 Å². The number of hydrogen-bond donors (Lipinski definition) is 1. The smallest absolute Gasteiger partial charge is 0.240 e. The number of amides is 1. The van der Waals surface area contributed by atoms with E-state index in [4.69, 9.17) is 9.47 Å². The van der Waals surface area contributed by atoms with Gasteiger partial charge >= 0.3 is 0 Å². The molecule has 3 aromatic carbocycles. The van der Waals surface area contributed by atoms with Crippen molar-refractivity contribution >= 4 is 26.7 Å². The highest BCUT2D eigenvalue weighted by molar-refractivity contribution is 7.89. The number of benzene rings is 3. The van der Waals surface area contributed by atoms with E-state index in [-0.39, 0.29) is 29.8 Å². The molecule has 0 radical (unpaired) electrons. The number of ether oxygens (including phenoxy) is 2. The van der Waals surface area contributed by atoms with Gasteiger partial charge in [0.2, 0.25) is 15.9 Å². The van der Waals surface area contributed by atoms with Crippen molar-refractivity contribution in [3.63, 3.8) is 0 Å². The normalized spacial score (nSPS) is 18.1. The number of carbonyl (C=O) groups excluding carboxylic acids is 1. The molecular formula is C26H28N2O5S. The Morgan fingerprint density at radius 2 is 1.74 bits per heavy atom. The van der Waals surface area contributed by atoms with Gasteiger partial charge in [0.05, 0.1) is 24.2 Å². The monoisotopic (exact) mass is 480 g/mol. The first-order valence-corrected chi connectivity index (χ1v) is 13.2. The molecule has 0 aliphatic carbocycles. The van der Waals surface area contributed by atoms with Gasteiger partial charge in [-0.15, -0.1) is 0 Å². The zero-order chi connectivity index (χ0) is 23.5. The van der Waals surface area contributed by atoms with Crippen molar-refractivity contribution in [2.24, 2.45) is 0 Å². The Bertz CT molecular complexity index is 1310. The highest BCUT2D eigenvalue weighted by atomic mass is 32.2. The maximum atomic E-state index is 13.0. The molecule has 2 aliphatic rings. The lowest BCUT2D eigenvalue weighted by Crippen LogP contribution is -2.34. The summed E-state index contributed by atoms with van der Waals surface area (Å²) in [4.78, 5) is 15.1. The molecule has 1 atom stereocenters. The average Bonchev–Trinajstić information content (AvgIpc) is 3.22. The van der Waals surface area contributed by atoms with Gasteiger partial charge in [-0.05, 0) is 53.4 Å². The second kappa shape index (κ2) is 9.64. The van der Waals surface area contributed by atoms with Crippen molar-refractivity contribution < 1.29 is 22.7 Å². The maximum Gasteiger partial charge on any atom is 0.240 e. The Labute approximate surface area is 199 Å². The minimum atomic E-state index is -3.70. The SMILES string of the molecule is O=C(CCNS(=O)(=O)c1ccc2ccccc2c1)N1CCCC1c1ccc2c(c1)OCCCO2. The number of rotatable bonds is 6. The van der Waals surface area contributed by atoms with Crippen molar-refractivity contribution in [3.8, 4) is 11.5 Å². The summed E-state index contributed by atoms with van der Waals surface area (Å²) in [7, 11) is -3.70. The molecule has 5 rings (SSSR count). The fourth-order valence-electron chi connectivity index (χ4n) is 4.65. The van der Waals surface area contributed by atoms with Gasteiger partial charge < -0.3 is 14.4 Å². The lowest BCUT2D eigenvalue weighted by atomic mass is 10.0. The number of nitrogens with one attached hydrogen (secondary N) is 1. The number of carbonyl (C=O) groups is 1. The number of hydrogen-bond acceptors (Lipinski definition) is 5. The Morgan fingerprint density at radius 1 is 0.941 bits per heavy atom. The van der Waals surface area contributed by atoms with Crippen LogP contribution in [0.2, 0.25) is 0 Å². The van der Waals surface area contributed by atoms with Crippen LogP contribution in [-0.2, 0) is 14.8 Å². The third kappa shape index (κ3) is 4.74. The lowest BCUT2D eigenvalue weighted by Gasteiger charge is -2.26. The number of likely N-dealkylation sites (tertiary alicyclic amines) is 1. The zero-order valence-corrected chi connectivity index (χ0v) is 19.7. The topological polar surface area (TPSA) is 84.9 Å². The van der Waals surface area contributed by atoms with E-state index in [9.17, 15) is 13.2 Å². The van der Waals surface area contributed by atoms with Crippen LogP contribution in [0.15, 0.2) is 65.6 Å². The average molecular weight is 481 g/mol. The second-order valence-corrected chi connectivity index (χ2v) is 10.4. The summed E-state index contributed by atoms with van der Waals surface area (Å²) in [5.74, 6) is 1.40. The minimum absolute atomic E-state index is 0.0400. The van der Waals surface area contributed by atoms with Crippen LogP contribution >= 0.6 is 0 Å². The molecule has 7 nitrogen and oxygen atoms in total. The molecule has 178 valence electrons. The van der Waals surface area contributed by atoms with E-state index >= 15 is 0 Å². The molecule has 2 aliphatic heterocycles. The molecule has 1 fully saturated rings. The third-order valence-corrected chi connectivity index (χ3v) is 7.85. The molecule has 3 aromatic rings. The lowest BCUT2D eigenvalue weighted by molar-refractivity contribution is -0.131. The highest BCUT2D eigenvalue weighted by Gasteiger charge is 2.30. The van der Waals surface area contributed by atoms with Crippen LogP contribution in [0, 0.1) is 0 Å². The number of nitrogens with zero attached hydrogens (tertiary/aromatic N) is 1. The van der Waals surface area contributed by atoms with Crippen molar-refractivity contribution in [1.29, 1.82) is 0 Å². The van der Waals surface area contributed by atoms with Gasteiger partial charge in [0.1, 0.15) is 0 Å². The third-order valence-electron chi connectivity index (χ3n) is 6.39. The fraction of sp³-hybridized carbons (Fsp3) is 0.346. The summed E-state index contributed by atoms with van der Waals surface area (Å²) in [6.45, 7) is 1.96. The molecule has 1 N–H and O–H groups in total. The van der Waals surface area contributed by atoms with Crippen LogP contribution in [0.1, 0.15) is 37.3 Å². The number of sulfonamides is 1. The first kappa shape index (κ1) is 22.7. The van der Waals surface area contributed by atoms with Crippen molar-refractivity contribution in [2.45, 2.75) is 36.6 Å². The highest BCUT2D eigenvalue weighted by Crippen LogP contribution is 2.38. The van der Waals surface area contributed by atoms with E-state index < -0.39 is 10.0 Å². The van der Waals surface area contributed by atoms with Gasteiger partial charge in [-0.25, -0.2) is 13.1 Å². The van der Waals surface area contributed by atoms with Gasteiger partial charge in [0, 0.05) is 25.9 Å². The summed E-state index contributed by atoms with van der Waals surface area (Å²) in [6, 6.07) is 18.5. The van der Waals surface area contributed by atoms with Crippen LogP contribution < -0.4 is 14.2 Å². The summed E-state index contributed by atoms with van der Waals surface area (Å²) >= 11 is 0. The maximum absolute atomic E-state index is 13.0. The summed E-state index contributed by atoms with van der Waals surface area (Å²) in [5, 5.41) is 1.84. The minimum Gasteiger partial charge on any atom is -0.490 e. The van der Waals surface area contributed by atoms with Crippen LogP contribution in [0.4, 0.5) is 0 Å². The predicted molar refractivity (Wildman–Crippen MR) is 129 cm³/mol. The van der Waals surface area contributed by atoms with Gasteiger partial charge in [0.25, 0.3) is 0 Å². The van der Waals surface area contributed by atoms with Gasteiger partial charge in [-0.1, -0.05) is 36.4 Å². The molecule has 2 heterocycles. The van der Waals surface area contributed by atoms with Crippen LogP contribution in [0.3, 0.4) is 0 Å². The quantitative estimate of drug-likeness (QED) is 0.576. The van der Waals surface area contributed by atoms with E-state index in [1.165, 1.54) is 0 Å². The molecule has 0 aromatic heterocycles. The molecule has 1 saturated heterocycles.